The normalized spacial score (nSPS) is 14.3. The van der Waals surface area contributed by atoms with Crippen LogP contribution in [0.15, 0.2) is 0 Å². The third-order valence-electron chi connectivity index (χ3n) is 0.145. The van der Waals surface area contributed by atoms with Crippen molar-refractivity contribution in [3.8, 4) is 0 Å². The lowest BCUT2D eigenvalue weighted by molar-refractivity contribution is 0.194. The van der Waals surface area contributed by atoms with Crippen LogP contribution >= 0.6 is 0 Å². The van der Waals surface area contributed by atoms with Crippen LogP contribution < -0.4 is 0 Å². The zero-order valence-corrected chi connectivity index (χ0v) is 3.57. The van der Waals surface area contributed by atoms with E-state index in [1.807, 2.05) is 0 Å². The van der Waals surface area contributed by atoms with E-state index in [1.54, 1.807) is 0 Å². The molecule has 0 saturated heterocycles. The summed E-state index contributed by atoms with van der Waals surface area (Å²) in [6, 6.07) is 0. The zero-order chi connectivity index (χ0) is 4.99. The van der Waals surface area contributed by atoms with Crippen LogP contribution in [0.25, 0.3) is 0 Å². The fraction of sp³-hybridized carbons (Fsp3) is 1.00. The molecule has 0 aliphatic rings. The molecule has 0 aliphatic carbocycles. The third-order valence-corrected chi connectivity index (χ3v) is 0.436. The van der Waals surface area contributed by atoms with Gasteiger partial charge in [0.15, 0.2) is 0 Å². The van der Waals surface area contributed by atoms with E-state index >= 15 is 0 Å². The van der Waals surface area contributed by atoms with Gasteiger partial charge in [0.1, 0.15) is 0 Å². The second-order valence-corrected chi connectivity index (χ2v) is 1.11. The quantitative estimate of drug-likeness (QED) is 0.516. The van der Waals surface area contributed by atoms with Crippen molar-refractivity contribution < 1.29 is 17.3 Å². The van der Waals surface area contributed by atoms with Gasteiger partial charge in [-0.05, 0) is 0 Å². The molecule has 0 radical (unpaired) electrons. The second-order valence-electron chi connectivity index (χ2n) is 0.444. The van der Waals surface area contributed by atoms with Crippen LogP contribution in [0, 0.1) is 0 Å². The summed E-state index contributed by atoms with van der Waals surface area (Å²) in [6.45, 7) is -1.22. The Morgan fingerprint density at radius 1 is 2.00 bits per heavy atom. The zero-order valence-electron chi connectivity index (χ0n) is 2.76. The second kappa shape index (κ2) is 3.20. The molecule has 0 spiro atoms. The molecule has 0 aromatic heterocycles. The van der Waals surface area contributed by atoms with Gasteiger partial charge in [-0.3, -0.25) is 4.55 Å². The first-order valence-corrected chi connectivity index (χ1v) is 2.10. The van der Waals surface area contributed by atoms with Crippen molar-refractivity contribution in [1.29, 1.82) is 0 Å². The summed E-state index contributed by atoms with van der Waals surface area (Å²) < 4.78 is 30.9. The lowest BCUT2D eigenvalue weighted by atomic mass is 11.6. The van der Waals surface area contributed by atoms with Crippen molar-refractivity contribution in [2.24, 2.45) is 0 Å². The van der Waals surface area contributed by atoms with Gasteiger partial charge in [-0.2, -0.15) is 4.21 Å². The maximum absolute atomic E-state index is 10.7. The molecular weight excluding hydrogens is 111 g/mol. The Kier molecular flexibility index (Phi) is 3.20. The molecule has 1 unspecified atom stereocenters. The van der Waals surface area contributed by atoms with E-state index in [2.05, 4.69) is 4.18 Å². The van der Waals surface area contributed by atoms with Crippen molar-refractivity contribution in [2.75, 3.05) is 6.86 Å². The summed E-state index contributed by atoms with van der Waals surface area (Å²) in [7, 11) is 0. The Morgan fingerprint density at radius 3 is 2.50 bits per heavy atom. The molecule has 0 aromatic rings. The molecular formula is CH3FO3S. The van der Waals surface area contributed by atoms with E-state index in [9.17, 15) is 8.60 Å². The van der Waals surface area contributed by atoms with E-state index < -0.39 is 18.2 Å². The Morgan fingerprint density at radius 2 is 2.50 bits per heavy atom. The largest absolute Gasteiger partial charge is 0.304 e. The molecule has 0 aromatic carbocycles. The Bertz CT molecular complexity index is 54.8. The van der Waals surface area contributed by atoms with E-state index in [4.69, 9.17) is 4.55 Å². The van der Waals surface area contributed by atoms with Crippen LogP contribution in [0.5, 0.6) is 0 Å². The molecule has 1 N–H and O–H groups in total. The molecule has 0 amide bonds. The van der Waals surface area contributed by atoms with Crippen molar-refractivity contribution in [3.63, 3.8) is 0 Å². The third kappa shape index (κ3) is 4.00. The Hall–Kier alpha value is -0.0000000000000000555. The van der Waals surface area contributed by atoms with Crippen LogP contribution in [0.4, 0.5) is 4.39 Å². The van der Waals surface area contributed by atoms with E-state index in [0.29, 0.717) is 0 Å². The maximum atomic E-state index is 10.7. The first kappa shape index (κ1) is 6.00. The molecule has 3 nitrogen and oxygen atoms in total. The minimum atomic E-state index is -2.44. The molecule has 0 rings (SSSR count). The number of halogens is 1. The Labute approximate surface area is 36.6 Å². The predicted octanol–water partition coefficient (Wildman–Crippen LogP) is 0.0667. The number of rotatable bonds is 2. The first-order valence-electron chi connectivity index (χ1n) is 1.07. The molecule has 1 atom stereocenters. The SMILES string of the molecule is O=S(O)OCF. The van der Waals surface area contributed by atoms with E-state index in [0.717, 1.165) is 0 Å². The smallest absolute Gasteiger partial charge is 0.284 e. The predicted molar refractivity (Wildman–Crippen MR) is 17.8 cm³/mol. The van der Waals surface area contributed by atoms with Crippen LogP contribution in [-0.2, 0) is 15.5 Å². The average Bonchev–Trinajstić information content (AvgIpc) is 1.35. The van der Waals surface area contributed by atoms with Crippen molar-refractivity contribution in [1.82, 2.24) is 0 Å². The van der Waals surface area contributed by atoms with Crippen molar-refractivity contribution in [3.05, 3.63) is 0 Å². The highest BCUT2D eigenvalue weighted by Crippen LogP contribution is 1.75. The van der Waals surface area contributed by atoms with Gasteiger partial charge in [-0.15, -0.1) is 0 Å². The minimum Gasteiger partial charge on any atom is -0.284 e. The molecule has 0 heterocycles. The van der Waals surface area contributed by atoms with Crippen molar-refractivity contribution in [2.45, 2.75) is 0 Å². The van der Waals surface area contributed by atoms with Gasteiger partial charge in [-0.25, -0.2) is 8.57 Å². The highest BCUT2D eigenvalue weighted by Gasteiger charge is 1.85. The van der Waals surface area contributed by atoms with Crippen LogP contribution in [-0.4, -0.2) is 15.6 Å². The fourth-order valence-electron chi connectivity index (χ4n) is 0.0381. The van der Waals surface area contributed by atoms with Gasteiger partial charge in [0.25, 0.3) is 0 Å². The number of alkyl halides is 1. The van der Waals surface area contributed by atoms with E-state index in [-0.39, 0.29) is 0 Å². The summed E-state index contributed by atoms with van der Waals surface area (Å²) in [6.07, 6.45) is 0. The van der Waals surface area contributed by atoms with Gasteiger partial charge in [-0.1, -0.05) is 0 Å². The minimum absolute atomic E-state index is 1.22. The number of hydrogen-bond acceptors (Lipinski definition) is 2. The molecule has 6 heavy (non-hydrogen) atoms. The molecule has 38 valence electrons. The van der Waals surface area contributed by atoms with Gasteiger partial charge in [0.05, 0.1) is 0 Å². The van der Waals surface area contributed by atoms with Gasteiger partial charge in [0, 0.05) is 0 Å². The molecule has 0 fully saturated rings. The summed E-state index contributed by atoms with van der Waals surface area (Å²) in [4.78, 5) is 0. The van der Waals surface area contributed by atoms with Crippen LogP contribution in [0.1, 0.15) is 0 Å². The number of hydrogen-bond donors (Lipinski definition) is 1. The Balaban J connectivity index is 2.83. The fourth-order valence-corrected chi connectivity index (χ4v) is 0.114. The summed E-state index contributed by atoms with van der Waals surface area (Å²) in [5.41, 5.74) is 0. The van der Waals surface area contributed by atoms with Crippen molar-refractivity contribution >= 4 is 11.4 Å². The highest BCUT2D eigenvalue weighted by atomic mass is 32.2. The monoisotopic (exact) mass is 114 g/mol. The maximum Gasteiger partial charge on any atom is 0.304 e. The summed E-state index contributed by atoms with van der Waals surface area (Å²) >= 11 is -2.44. The molecule has 0 aliphatic heterocycles. The lowest BCUT2D eigenvalue weighted by Gasteiger charge is -1.81. The summed E-state index contributed by atoms with van der Waals surface area (Å²) in [5, 5.41) is 0. The van der Waals surface area contributed by atoms with Crippen LogP contribution in [0.2, 0.25) is 0 Å². The molecule has 0 saturated carbocycles. The van der Waals surface area contributed by atoms with Gasteiger partial charge in [0.2, 0.25) is 6.86 Å². The topological polar surface area (TPSA) is 46.5 Å². The highest BCUT2D eigenvalue weighted by molar-refractivity contribution is 7.74. The van der Waals surface area contributed by atoms with Crippen LogP contribution in [0.3, 0.4) is 0 Å². The van der Waals surface area contributed by atoms with E-state index in [1.165, 1.54) is 0 Å². The lowest BCUT2D eigenvalue weighted by Crippen LogP contribution is -1.90. The average molecular weight is 114 g/mol. The summed E-state index contributed by atoms with van der Waals surface area (Å²) in [5.74, 6) is 0. The molecule has 5 heteroatoms. The first-order chi connectivity index (χ1) is 2.77. The standard InChI is InChI=1S/CH3FO3S/c2-1-5-6(3)4/h1H2,(H,3,4). The molecule has 0 bridgehead atoms. The van der Waals surface area contributed by atoms with Gasteiger partial charge < -0.3 is 0 Å². The van der Waals surface area contributed by atoms with Gasteiger partial charge >= 0.3 is 11.4 Å².